The summed E-state index contributed by atoms with van der Waals surface area (Å²) < 4.78 is 37.6. The molecule has 1 aliphatic heterocycles. The highest BCUT2D eigenvalue weighted by molar-refractivity contribution is 7.89. The maximum absolute atomic E-state index is 12.2. The van der Waals surface area contributed by atoms with Gasteiger partial charge in [-0.1, -0.05) is 25.1 Å². The van der Waals surface area contributed by atoms with Crippen molar-refractivity contribution in [3.63, 3.8) is 0 Å². The molecule has 0 bridgehead atoms. The molecular weight excluding hydrogens is 354 g/mol. The summed E-state index contributed by atoms with van der Waals surface area (Å²) in [7, 11) is -0.226. The fraction of sp³-hybridized carbons (Fsp3) is 0.667. The van der Waals surface area contributed by atoms with Crippen molar-refractivity contribution in [1.82, 2.24) is 14.5 Å². The van der Waals surface area contributed by atoms with Crippen LogP contribution < -0.4 is 9.46 Å². The van der Waals surface area contributed by atoms with Crippen LogP contribution in [0.2, 0.25) is 0 Å². The molecule has 8 heteroatoms. The minimum absolute atomic E-state index is 0.0360. The van der Waals surface area contributed by atoms with Crippen LogP contribution in [-0.2, 0) is 14.8 Å². The number of hydrogen-bond donors (Lipinski definition) is 1. The summed E-state index contributed by atoms with van der Waals surface area (Å²) in [5.74, 6) is 0.748. The molecule has 148 valence electrons. The van der Waals surface area contributed by atoms with E-state index in [1.54, 1.807) is 7.11 Å². The van der Waals surface area contributed by atoms with E-state index in [1.807, 2.05) is 24.3 Å². The summed E-state index contributed by atoms with van der Waals surface area (Å²) in [4.78, 5) is 4.74. The summed E-state index contributed by atoms with van der Waals surface area (Å²) in [5.41, 5.74) is 1.01. The molecular formula is C18H31N3O4S. The fourth-order valence-electron chi connectivity index (χ4n) is 3.24. The topological polar surface area (TPSA) is 71.1 Å². The van der Waals surface area contributed by atoms with E-state index in [9.17, 15) is 8.42 Å². The van der Waals surface area contributed by atoms with Gasteiger partial charge in [0.2, 0.25) is 10.0 Å². The number of hydrogen-bond acceptors (Lipinski definition) is 6. The van der Waals surface area contributed by atoms with E-state index in [1.165, 1.54) is 7.11 Å². The molecule has 1 aromatic rings. The number of rotatable bonds is 10. The maximum Gasteiger partial charge on any atom is 0.213 e. The third-order valence-electron chi connectivity index (χ3n) is 4.85. The summed E-state index contributed by atoms with van der Waals surface area (Å²) in [6, 6.07) is 7.76. The lowest BCUT2D eigenvalue weighted by Crippen LogP contribution is -2.49. The van der Waals surface area contributed by atoms with Crippen LogP contribution in [-0.4, -0.2) is 84.1 Å². The quantitative estimate of drug-likeness (QED) is 0.646. The number of methoxy groups -OCH3 is 2. The zero-order valence-electron chi connectivity index (χ0n) is 16.0. The van der Waals surface area contributed by atoms with Crippen LogP contribution in [0.4, 0.5) is 0 Å². The lowest BCUT2D eigenvalue weighted by atomic mass is 10.0. The average molecular weight is 386 g/mol. The third-order valence-corrected chi connectivity index (χ3v) is 6.16. The largest absolute Gasteiger partial charge is 0.496 e. The van der Waals surface area contributed by atoms with Gasteiger partial charge in [0, 0.05) is 45.4 Å². The van der Waals surface area contributed by atoms with E-state index >= 15 is 0 Å². The highest BCUT2D eigenvalue weighted by Gasteiger charge is 2.27. The van der Waals surface area contributed by atoms with Crippen molar-refractivity contribution in [3.05, 3.63) is 29.8 Å². The summed E-state index contributed by atoms with van der Waals surface area (Å²) in [6.45, 7) is 7.47. The van der Waals surface area contributed by atoms with E-state index in [0.29, 0.717) is 6.54 Å². The number of nitrogens with zero attached hydrogens (tertiary/aromatic N) is 2. The van der Waals surface area contributed by atoms with E-state index in [-0.39, 0.29) is 18.4 Å². The second-order valence-electron chi connectivity index (χ2n) is 6.39. The monoisotopic (exact) mass is 385 g/mol. The molecule has 0 radical (unpaired) electrons. The highest BCUT2D eigenvalue weighted by atomic mass is 32.2. The number of ether oxygens (including phenoxy) is 2. The maximum atomic E-state index is 12.2. The zero-order chi connectivity index (χ0) is 19.0. The Morgan fingerprint density at radius 2 is 1.85 bits per heavy atom. The molecule has 1 aliphatic rings. The molecule has 1 atom stereocenters. The Morgan fingerprint density at radius 3 is 2.46 bits per heavy atom. The smallest absolute Gasteiger partial charge is 0.213 e. The Balaban J connectivity index is 2.16. The molecule has 26 heavy (non-hydrogen) atoms. The summed E-state index contributed by atoms with van der Waals surface area (Å²) in [5, 5.41) is 0. The molecule has 1 N–H and O–H groups in total. The van der Waals surface area contributed by atoms with Crippen LogP contribution in [0.3, 0.4) is 0 Å². The van der Waals surface area contributed by atoms with Gasteiger partial charge in [-0.25, -0.2) is 13.1 Å². The molecule has 0 spiro atoms. The molecule has 1 fully saturated rings. The Morgan fingerprint density at radius 1 is 1.15 bits per heavy atom. The van der Waals surface area contributed by atoms with Crippen LogP contribution in [0.25, 0.3) is 0 Å². The van der Waals surface area contributed by atoms with Gasteiger partial charge in [-0.05, 0) is 12.6 Å². The van der Waals surface area contributed by atoms with Crippen molar-refractivity contribution in [2.24, 2.45) is 0 Å². The lowest BCUT2D eigenvalue weighted by Gasteiger charge is -2.39. The Hall–Kier alpha value is -1.19. The third kappa shape index (κ3) is 5.92. The number of sulfonamides is 1. The van der Waals surface area contributed by atoms with Crippen molar-refractivity contribution in [1.29, 1.82) is 0 Å². The summed E-state index contributed by atoms with van der Waals surface area (Å²) in [6.07, 6.45) is 0. The van der Waals surface area contributed by atoms with Gasteiger partial charge in [-0.3, -0.25) is 4.90 Å². The number of para-hydroxylation sites is 1. The van der Waals surface area contributed by atoms with Crippen LogP contribution >= 0.6 is 0 Å². The van der Waals surface area contributed by atoms with Crippen molar-refractivity contribution in [2.75, 3.05) is 65.8 Å². The molecule has 1 heterocycles. The number of piperazine rings is 1. The van der Waals surface area contributed by atoms with Crippen molar-refractivity contribution >= 4 is 10.0 Å². The second-order valence-corrected chi connectivity index (χ2v) is 8.31. The molecule has 1 unspecified atom stereocenters. The average Bonchev–Trinajstić information content (AvgIpc) is 2.67. The SMILES string of the molecule is CCN1CCN(C(CNS(=O)(=O)CCOC)c2ccccc2OC)CC1. The molecule has 0 aliphatic carbocycles. The van der Waals surface area contributed by atoms with Gasteiger partial charge < -0.3 is 14.4 Å². The second kappa shape index (κ2) is 10.2. The normalized spacial score (nSPS) is 18.0. The van der Waals surface area contributed by atoms with Gasteiger partial charge >= 0.3 is 0 Å². The minimum Gasteiger partial charge on any atom is -0.496 e. The molecule has 1 saturated heterocycles. The first kappa shape index (κ1) is 21.1. The minimum atomic E-state index is -3.37. The zero-order valence-corrected chi connectivity index (χ0v) is 16.8. The molecule has 2 rings (SSSR count). The molecule has 0 saturated carbocycles. The van der Waals surface area contributed by atoms with Crippen LogP contribution in [0.1, 0.15) is 18.5 Å². The predicted octanol–water partition coefficient (Wildman–Crippen LogP) is 0.940. The van der Waals surface area contributed by atoms with E-state index in [2.05, 4.69) is 21.4 Å². The first-order chi connectivity index (χ1) is 12.5. The van der Waals surface area contributed by atoms with Crippen LogP contribution in [0, 0.1) is 0 Å². The molecule has 0 amide bonds. The van der Waals surface area contributed by atoms with Crippen molar-refractivity contribution in [2.45, 2.75) is 13.0 Å². The van der Waals surface area contributed by atoms with E-state index in [0.717, 1.165) is 44.0 Å². The Bertz CT molecular complexity index is 646. The molecule has 1 aromatic carbocycles. The van der Waals surface area contributed by atoms with Gasteiger partial charge in [0.15, 0.2) is 0 Å². The Labute approximate surface area is 157 Å². The van der Waals surface area contributed by atoms with Gasteiger partial charge in [0.05, 0.1) is 25.5 Å². The van der Waals surface area contributed by atoms with E-state index in [4.69, 9.17) is 9.47 Å². The van der Waals surface area contributed by atoms with Gasteiger partial charge in [0.25, 0.3) is 0 Å². The van der Waals surface area contributed by atoms with Crippen LogP contribution in [0.5, 0.6) is 5.75 Å². The summed E-state index contributed by atoms with van der Waals surface area (Å²) >= 11 is 0. The standard InChI is InChI=1S/C18H31N3O4S/c1-4-20-9-11-21(12-10-20)17(15-19-26(22,23)14-13-24-2)16-7-5-6-8-18(16)25-3/h5-8,17,19H,4,9-15H2,1-3H3. The first-order valence-corrected chi connectivity index (χ1v) is 10.7. The Kier molecular flexibility index (Phi) is 8.30. The number of likely N-dealkylation sites (N-methyl/N-ethyl adjacent to an activating group) is 1. The van der Waals surface area contributed by atoms with Crippen molar-refractivity contribution < 1.29 is 17.9 Å². The fourth-order valence-corrected chi connectivity index (χ4v) is 4.18. The highest BCUT2D eigenvalue weighted by Crippen LogP contribution is 2.29. The lowest BCUT2D eigenvalue weighted by molar-refractivity contribution is 0.0993. The van der Waals surface area contributed by atoms with Gasteiger partial charge in [-0.15, -0.1) is 0 Å². The number of nitrogens with one attached hydrogen (secondary N) is 1. The van der Waals surface area contributed by atoms with Crippen molar-refractivity contribution in [3.8, 4) is 5.75 Å². The molecule has 7 nitrogen and oxygen atoms in total. The van der Waals surface area contributed by atoms with Gasteiger partial charge in [0.1, 0.15) is 5.75 Å². The predicted molar refractivity (Wildman–Crippen MR) is 103 cm³/mol. The van der Waals surface area contributed by atoms with Crippen LogP contribution in [0.15, 0.2) is 24.3 Å². The van der Waals surface area contributed by atoms with E-state index < -0.39 is 10.0 Å². The van der Waals surface area contributed by atoms with Gasteiger partial charge in [-0.2, -0.15) is 0 Å². The number of benzene rings is 1. The molecule has 0 aromatic heterocycles. The first-order valence-electron chi connectivity index (χ1n) is 9.06.